The summed E-state index contributed by atoms with van der Waals surface area (Å²) < 4.78 is 0. The molecule has 17 heavy (non-hydrogen) atoms. The monoisotopic (exact) mass is 242 g/mol. The Morgan fingerprint density at radius 2 is 1.47 bits per heavy atom. The summed E-state index contributed by atoms with van der Waals surface area (Å²) in [6.07, 6.45) is 0. The minimum absolute atomic E-state index is 0.127. The summed E-state index contributed by atoms with van der Waals surface area (Å²) in [5.41, 5.74) is 1.95. The Balaban J connectivity index is 2.05. The number of thioether (sulfide) groups is 1. The van der Waals surface area contributed by atoms with Crippen molar-refractivity contribution < 1.29 is 4.79 Å². The number of carbonyl (C=O) groups is 1. The minimum Gasteiger partial charge on any atom is -0.282 e. The van der Waals surface area contributed by atoms with E-state index in [1.54, 1.807) is 0 Å². The van der Waals surface area contributed by atoms with E-state index in [1.165, 1.54) is 17.3 Å². The Labute approximate surface area is 106 Å². The molecule has 0 amide bonds. The maximum absolute atomic E-state index is 12.0. The Morgan fingerprint density at radius 1 is 0.941 bits per heavy atom. The molecule has 86 valence electrons. The first-order valence-corrected chi connectivity index (χ1v) is 6.46. The van der Waals surface area contributed by atoms with E-state index in [0.29, 0.717) is 0 Å². The molecule has 1 atom stereocenters. The molecule has 0 heterocycles. The topological polar surface area (TPSA) is 17.1 Å². The third kappa shape index (κ3) is 3.21. The zero-order valence-corrected chi connectivity index (χ0v) is 10.5. The summed E-state index contributed by atoms with van der Waals surface area (Å²) in [7, 11) is 0. The van der Waals surface area contributed by atoms with Crippen LogP contribution in [-0.2, 0) is 0 Å². The van der Waals surface area contributed by atoms with Crippen LogP contribution in [0.2, 0.25) is 0 Å². The lowest BCUT2D eigenvalue weighted by atomic mass is 10.2. The predicted molar refractivity (Wildman–Crippen MR) is 73.2 cm³/mol. The summed E-state index contributed by atoms with van der Waals surface area (Å²) in [5, 5.41) is 0.311. The van der Waals surface area contributed by atoms with Gasteiger partial charge in [-0.15, -0.1) is 0 Å². The molecule has 0 aliphatic carbocycles. The number of hydrogen-bond acceptors (Lipinski definition) is 2. The molecule has 0 radical (unpaired) electrons. The normalized spacial score (nSPS) is 12.1. The van der Waals surface area contributed by atoms with Crippen molar-refractivity contribution in [1.82, 2.24) is 0 Å². The highest BCUT2D eigenvalue weighted by molar-refractivity contribution is 8.14. The number of hydrogen-bond donors (Lipinski definition) is 0. The molecule has 0 aromatic heterocycles. The summed E-state index contributed by atoms with van der Waals surface area (Å²) in [4.78, 5) is 12.0. The van der Waals surface area contributed by atoms with Crippen LogP contribution in [0, 0.1) is 0 Å². The molecule has 0 saturated carbocycles. The van der Waals surface area contributed by atoms with Crippen molar-refractivity contribution in [1.29, 1.82) is 0 Å². The molecule has 2 rings (SSSR count). The van der Waals surface area contributed by atoms with Crippen LogP contribution in [0.4, 0.5) is 0 Å². The Morgan fingerprint density at radius 3 is 2.06 bits per heavy atom. The molecule has 0 aliphatic rings. The summed E-state index contributed by atoms with van der Waals surface area (Å²) in [6.45, 7) is 2.06. The van der Waals surface area contributed by atoms with E-state index in [1.807, 2.05) is 48.5 Å². The van der Waals surface area contributed by atoms with E-state index in [0.717, 1.165) is 5.56 Å². The van der Waals surface area contributed by atoms with E-state index in [-0.39, 0.29) is 10.4 Å². The van der Waals surface area contributed by atoms with Crippen LogP contribution in [0.25, 0.3) is 0 Å². The minimum atomic E-state index is 0.127. The smallest absolute Gasteiger partial charge is 0.219 e. The highest BCUT2D eigenvalue weighted by atomic mass is 32.2. The molecule has 0 N–H and O–H groups in total. The van der Waals surface area contributed by atoms with Crippen LogP contribution in [0.5, 0.6) is 0 Å². The second-order valence-electron chi connectivity index (χ2n) is 3.82. The van der Waals surface area contributed by atoms with E-state index in [4.69, 9.17) is 0 Å². The van der Waals surface area contributed by atoms with Gasteiger partial charge in [-0.05, 0) is 12.5 Å². The van der Waals surface area contributed by atoms with Crippen molar-refractivity contribution in [2.75, 3.05) is 0 Å². The molecule has 0 aliphatic heterocycles. The molecule has 0 spiro atoms. The Kier molecular flexibility index (Phi) is 3.99. The van der Waals surface area contributed by atoms with Gasteiger partial charge in [0.25, 0.3) is 0 Å². The molecule has 1 unspecified atom stereocenters. The average molecular weight is 242 g/mol. The Hall–Kier alpha value is -1.54. The van der Waals surface area contributed by atoms with Crippen LogP contribution in [-0.4, -0.2) is 5.12 Å². The highest BCUT2D eigenvalue weighted by Crippen LogP contribution is 2.30. The maximum Gasteiger partial charge on any atom is 0.219 e. The van der Waals surface area contributed by atoms with Gasteiger partial charge in [0.1, 0.15) is 0 Å². The second kappa shape index (κ2) is 5.69. The van der Waals surface area contributed by atoms with Crippen LogP contribution < -0.4 is 0 Å². The second-order valence-corrected chi connectivity index (χ2v) is 5.14. The van der Waals surface area contributed by atoms with Gasteiger partial charge in [0.05, 0.1) is 0 Å². The van der Waals surface area contributed by atoms with Gasteiger partial charge in [-0.2, -0.15) is 0 Å². The van der Waals surface area contributed by atoms with Gasteiger partial charge in [-0.1, -0.05) is 72.4 Å². The average Bonchev–Trinajstić information content (AvgIpc) is 2.40. The van der Waals surface area contributed by atoms with Crippen LogP contribution >= 0.6 is 11.8 Å². The van der Waals surface area contributed by atoms with Crippen LogP contribution in [0.15, 0.2) is 60.7 Å². The van der Waals surface area contributed by atoms with E-state index < -0.39 is 0 Å². The summed E-state index contributed by atoms with van der Waals surface area (Å²) in [6, 6.07) is 19.5. The first-order chi connectivity index (χ1) is 8.27. The molecule has 2 aromatic rings. The van der Waals surface area contributed by atoms with Gasteiger partial charge in [0, 0.05) is 10.8 Å². The summed E-state index contributed by atoms with van der Waals surface area (Å²) in [5.74, 6) is 0. The quantitative estimate of drug-likeness (QED) is 0.797. The molecular formula is C15H14OS. The van der Waals surface area contributed by atoms with Crippen molar-refractivity contribution in [3.63, 3.8) is 0 Å². The third-order valence-corrected chi connectivity index (χ3v) is 3.64. The highest BCUT2D eigenvalue weighted by Gasteiger charge is 2.12. The van der Waals surface area contributed by atoms with Gasteiger partial charge in [0.15, 0.2) is 0 Å². The van der Waals surface area contributed by atoms with E-state index >= 15 is 0 Å². The fourth-order valence-electron chi connectivity index (χ4n) is 1.59. The van der Waals surface area contributed by atoms with Crippen LogP contribution in [0.1, 0.15) is 28.1 Å². The van der Waals surface area contributed by atoms with E-state index in [2.05, 4.69) is 19.1 Å². The molecule has 2 aromatic carbocycles. The first kappa shape index (κ1) is 11.9. The Bertz CT molecular complexity index is 479. The van der Waals surface area contributed by atoms with Gasteiger partial charge in [-0.3, -0.25) is 4.79 Å². The van der Waals surface area contributed by atoms with E-state index in [9.17, 15) is 4.79 Å². The predicted octanol–water partition coefficient (Wildman–Crippen LogP) is 4.32. The largest absolute Gasteiger partial charge is 0.282 e. The molecule has 0 bridgehead atoms. The summed E-state index contributed by atoms with van der Waals surface area (Å²) >= 11 is 1.37. The number of carbonyl (C=O) groups excluding carboxylic acids is 1. The lowest BCUT2D eigenvalue weighted by Gasteiger charge is -2.10. The van der Waals surface area contributed by atoms with Crippen molar-refractivity contribution in [3.8, 4) is 0 Å². The number of rotatable bonds is 3. The fourth-order valence-corrected chi connectivity index (χ4v) is 2.48. The number of benzene rings is 2. The standard InChI is InChI=1S/C15H14OS/c1-12(13-8-4-2-5-9-13)17-15(16)14-10-6-3-7-11-14/h2-12H,1H3. The van der Waals surface area contributed by atoms with Crippen molar-refractivity contribution in [3.05, 3.63) is 71.8 Å². The maximum atomic E-state index is 12.0. The van der Waals surface area contributed by atoms with Gasteiger partial charge < -0.3 is 0 Å². The fraction of sp³-hybridized carbons (Fsp3) is 0.133. The van der Waals surface area contributed by atoms with Crippen molar-refractivity contribution in [2.45, 2.75) is 12.2 Å². The van der Waals surface area contributed by atoms with Gasteiger partial charge >= 0.3 is 0 Å². The third-order valence-electron chi connectivity index (χ3n) is 2.56. The first-order valence-electron chi connectivity index (χ1n) is 5.58. The zero-order valence-electron chi connectivity index (χ0n) is 9.67. The van der Waals surface area contributed by atoms with Gasteiger partial charge in [-0.25, -0.2) is 0 Å². The zero-order chi connectivity index (χ0) is 12.1. The van der Waals surface area contributed by atoms with Crippen LogP contribution in [0.3, 0.4) is 0 Å². The van der Waals surface area contributed by atoms with Gasteiger partial charge in [0.2, 0.25) is 5.12 Å². The molecule has 0 saturated heterocycles. The molecular weight excluding hydrogens is 228 g/mol. The lowest BCUT2D eigenvalue weighted by molar-refractivity contribution is 0.108. The SMILES string of the molecule is CC(SC(=O)c1ccccc1)c1ccccc1. The molecule has 2 heteroatoms. The van der Waals surface area contributed by atoms with Crippen molar-refractivity contribution >= 4 is 16.9 Å². The lowest BCUT2D eigenvalue weighted by Crippen LogP contribution is -1.97. The molecule has 1 nitrogen and oxygen atoms in total. The molecule has 0 fully saturated rings. The van der Waals surface area contributed by atoms with Crippen molar-refractivity contribution in [2.24, 2.45) is 0 Å².